The molecule has 0 radical (unpaired) electrons. The summed E-state index contributed by atoms with van der Waals surface area (Å²) in [4.78, 5) is 23.0. The molecule has 3 heterocycles. The van der Waals surface area contributed by atoms with Gasteiger partial charge in [-0.25, -0.2) is 14.6 Å². The molecule has 1 aliphatic heterocycles. The molecule has 0 saturated carbocycles. The van der Waals surface area contributed by atoms with Crippen LogP contribution in [0.15, 0.2) is 30.9 Å². The molecule has 1 saturated heterocycles. The number of hydrogen-bond acceptors (Lipinski definition) is 6. The third-order valence-electron chi connectivity index (χ3n) is 4.06. The molecule has 2 aromatic heterocycles. The minimum Gasteiger partial charge on any atom is -0.376 e. The van der Waals surface area contributed by atoms with Crippen LogP contribution < -0.4 is 4.90 Å². The first kappa shape index (κ1) is 16.4. The van der Waals surface area contributed by atoms with Gasteiger partial charge in [0.15, 0.2) is 5.13 Å². The van der Waals surface area contributed by atoms with Crippen molar-refractivity contribution in [2.45, 2.75) is 25.5 Å². The summed E-state index contributed by atoms with van der Waals surface area (Å²) >= 11 is 7.69. The lowest BCUT2D eigenvalue weighted by Crippen LogP contribution is -2.39. The molecule has 1 unspecified atom stereocenters. The highest BCUT2D eigenvalue weighted by Gasteiger charge is 2.26. The van der Waals surface area contributed by atoms with Crippen LogP contribution in [0.2, 0.25) is 5.02 Å². The third kappa shape index (κ3) is 3.51. The smallest absolute Gasteiger partial charge is 0.250 e. The minimum atomic E-state index is -0.101. The monoisotopic (exact) mass is 377 g/mol. The number of ether oxygens (including phenoxy) is 1. The molecule has 0 bridgehead atoms. The van der Waals surface area contributed by atoms with Gasteiger partial charge in [0.25, 0.3) is 5.91 Å². The first-order chi connectivity index (χ1) is 12.2. The van der Waals surface area contributed by atoms with Crippen LogP contribution in [-0.4, -0.2) is 44.9 Å². The lowest BCUT2D eigenvalue weighted by atomic mass is 10.2. The van der Waals surface area contributed by atoms with Gasteiger partial charge in [0.1, 0.15) is 24.7 Å². The number of rotatable bonds is 5. The van der Waals surface area contributed by atoms with Crippen LogP contribution in [0.25, 0.3) is 10.2 Å². The summed E-state index contributed by atoms with van der Waals surface area (Å²) in [7, 11) is 0. The maximum Gasteiger partial charge on any atom is 0.250 e. The third-order valence-corrected chi connectivity index (χ3v) is 5.41. The van der Waals surface area contributed by atoms with Crippen LogP contribution >= 0.6 is 22.9 Å². The molecule has 0 aliphatic carbocycles. The molecule has 0 spiro atoms. The molecule has 7 nitrogen and oxygen atoms in total. The Balaban J connectivity index is 1.65. The predicted octanol–water partition coefficient (Wildman–Crippen LogP) is 2.75. The zero-order valence-electron chi connectivity index (χ0n) is 13.3. The van der Waals surface area contributed by atoms with Crippen LogP contribution in [0.1, 0.15) is 12.8 Å². The van der Waals surface area contributed by atoms with E-state index in [0.717, 1.165) is 29.7 Å². The van der Waals surface area contributed by atoms with Crippen molar-refractivity contribution >= 4 is 44.2 Å². The van der Waals surface area contributed by atoms with Crippen molar-refractivity contribution in [3.05, 3.63) is 35.9 Å². The van der Waals surface area contributed by atoms with E-state index >= 15 is 0 Å². The highest BCUT2D eigenvalue weighted by Crippen LogP contribution is 2.33. The van der Waals surface area contributed by atoms with Gasteiger partial charge in [-0.15, -0.1) is 0 Å². The Morgan fingerprint density at radius 2 is 2.40 bits per heavy atom. The van der Waals surface area contributed by atoms with Crippen molar-refractivity contribution < 1.29 is 9.53 Å². The minimum absolute atomic E-state index is 0.0298. The van der Waals surface area contributed by atoms with Gasteiger partial charge in [-0.2, -0.15) is 5.10 Å². The normalized spacial score (nSPS) is 17.2. The number of anilines is 1. The summed E-state index contributed by atoms with van der Waals surface area (Å²) in [5.41, 5.74) is 0.718. The average Bonchev–Trinajstić information content (AvgIpc) is 3.34. The number of benzene rings is 1. The standard InChI is InChI=1S/C16H16ClN5O2S/c17-12-4-1-5-13-15(12)20-16(25-13)22(7-11-3-2-6-24-11)14(23)8-21-10-18-9-19-21/h1,4-5,9-11H,2-3,6-8H2. The Labute approximate surface area is 153 Å². The van der Waals surface area contributed by atoms with Gasteiger partial charge in [0.05, 0.1) is 22.4 Å². The predicted molar refractivity (Wildman–Crippen MR) is 96.0 cm³/mol. The van der Waals surface area contributed by atoms with Crippen molar-refractivity contribution in [1.82, 2.24) is 19.7 Å². The van der Waals surface area contributed by atoms with Crippen LogP contribution in [0.5, 0.6) is 0 Å². The van der Waals surface area contributed by atoms with Crippen molar-refractivity contribution in [2.24, 2.45) is 0 Å². The van der Waals surface area contributed by atoms with Crippen molar-refractivity contribution in [1.29, 1.82) is 0 Å². The number of carbonyl (C=O) groups is 1. The Morgan fingerprint density at radius 1 is 1.48 bits per heavy atom. The van der Waals surface area contributed by atoms with Crippen LogP contribution in [0, 0.1) is 0 Å². The molecule has 4 rings (SSSR count). The molecular formula is C16H16ClN5O2S. The topological polar surface area (TPSA) is 73.1 Å². The van der Waals surface area contributed by atoms with Crippen LogP contribution in [0.3, 0.4) is 0 Å². The Bertz CT molecular complexity index is 876. The molecule has 25 heavy (non-hydrogen) atoms. The molecular weight excluding hydrogens is 362 g/mol. The highest BCUT2D eigenvalue weighted by molar-refractivity contribution is 7.22. The van der Waals surface area contributed by atoms with Gasteiger partial charge in [0, 0.05) is 6.61 Å². The van der Waals surface area contributed by atoms with Crippen LogP contribution in [0.4, 0.5) is 5.13 Å². The van der Waals surface area contributed by atoms with Crippen molar-refractivity contribution in [3.63, 3.8) is 0 Å². The zero-order valence-corrected chi connectivity index (χ0v) is 14.9. The molecule has 1 aliphatic rings. The molecule has 1 fully saturated rings. The SMILES string of the molecule is O=C(Cn1cncn1)N(CC1CCCO1)c1nc2c(Cl)cccc2s1. The van der Waals surface area contributed by atoms with E-state index < -0.39 is 0 Å². The number of carbonyl (C=O) groups excluding carboxylic acids is 1. The molecule has 1 amide bonds. The maximum absolute atomic E-state index is 12.9. The van der Waals surface area contributed by atoms with E-state index in [1.54, 1.807) is 11.0 Å². The second-order valence-corrected chi connectivity index (χ2v) is 7.23. The summed E-state index contributed by atoms with van der Waals surface area (Å²) in [5.74, 6) is -0.101. The van der Waals surface area contributed by atoms with Gasteiger partial charge in [-0.3, -0.25) is 9.69 Å². The Kier molecular flexibility index (Phi) is 4.65. The fraction of sp³-hybridized carbons (Fsp3) is 0.375. The number of hydrogen-bond donors (Lipinski definition) is 0. The first-order valence-electron chi connectivity index (χ1n) is 8.00. The first-order valence-corrected chi connectivity index (χ1v) is 9.19. The fourth-order valence-electron chi connectivity index (χ4n) is 2.84. The molecule has 3 aromatic rings. The summed E-state index contributed by atoms with van der Waals surface area (Å²) in [6.45, 7) is 1.32. The Morgan fingerprint density at radius 3 is 3.12 bits per heavy atom. The largest absolute Gasteiger partial charge is 0.376 e. The molecule has 1 aromatic carbocycles. The van der Waals surface area contributed by atoms with Crippen molar-refractivity contribution in [3.8, 4) is 0 Å². The van der Waals surface area contributed by atoms with Crippen molar-refractivity contribution in [2.75, 3.05) is 18.1 Å². The second-order valence-electron chi connectivity index (χ2n) is 5.82. The second kappa shape index (κ2) is 7.07. The molecule has 1 atom stereocenters. The van der Waals surface area contributed by atoms with Gasteiger partial charge in [-0.05, 0) is 25.0 Å². The quantitative estimate of drug-likeness (QED) is 0.683. The Hall–Kier alpha value is -2.03. The summed E-state index contributed by atoms with van der Waals surface area (Å²) in [5, 5.41) is 5.22. The number of thiazole rings is 1. The number of nitrogens with zero attached hydrogens (tertiary/aromatic N) is 5. The van der Waals surface area contributed by atoms with Crippen LogP contribution in [-0.2, 0) is 16.1 Å². The van der Waals surface area contributed by atoms with E-state index in [1.165, 1.54) is 28.7 Å². The van der Waals surface area contributed by atoms with E-state index in [1.807, 2.05) is 12.1 Å². The van der Waals surface area contributed by atoms with E-state index in [9.17, 15) is 4.79 Å². The number of halogens is 1. The van der Waals surface area contributed by atoms with E-state index in [-0.39, 0.29) is 18.6 Å². The van der Waals surface area contributed by atoms with Gasteiger partial charge in [0.2, 0.25) is 0 Å². The fourth-order valence-corrected chi connectivity index (χ4v) is 4.13. The number of fused-ring (bicyclic) bond motifs is 1. The molecule has 0 N–H and O–H groups in total. The average molecular weight is 378 g/mol. The lowest BCUT2D eigenvalue weighted by molar-refractivity contribution is -0.119. The highest BCUT2D eigenvalue weighted by atomic mass is 35.5. The number of aromatic nitrogens is 4. The number of amides is 1. The lowest BCUT2D eigenvalue weighted by Gasteiger charge is -2.22. The summed E-state index contributed by atoms with van der Waals surface area (Å²) in [6, 6.07) is 5.64. The maximum atomic E-state index is 12.9. The van der Waals surface area contributed by atoms with Gasteiger partial charge < -0.3 is 4.74 Å². The van der Waals surface area contributed by atoms with Gasteiger partial charge >= 0.3 is 0 Å². The zero-order chi connectivity index (χ0) is 17.2. The summed E-state index contributed by atoms with van der Waals surface area (Å²) in [6.07, 6.45) is 4.93. The number of para-hydroxylation sites is 1. The van der Waals surface area contributed by atoms with E-state index in [4.69, 9.17) is 16.3 Å². The van der Waals surface area contributed by atoms with E-state index in [0.29, 0.717) is 16.7 Å². The molecule has 130 valence electrons. The van der Waals surface area contributed by atoms with Gasteiger partial charge in [-0.1, -0.05) is 29.0 Å². The van der Waals surface area contributed by atoms with E-state index in [2.05, 4.69) is 15.1 Å². The molecule has 9 heteroatoms. The summed E-state index contributed by atoms with van der Waals surface area (Å²) < 4.78 is 8.17.